The Morgan fingerprint density at radius 1 is 1.50 bits per heavy atom. The van der Waals surface area contributed by atoms with Gasteiger partial charge < -0.3 is 19.5 Å². The van der Waals surface area contributed by atoms with Crippen LogP contribution < -0.4 is 9.84 Å². The van der Waals surface area contributed by atoms with Crippen LogP contribution in [0.2, 0.25) is 0 Å². The van der Waals surface area contributed by atoms with Gasteiger partial charge in [-0.1, -0.05) is 0 Å². The van der Waals surface area contributed by atoms with Gasteiger partial charge in [0.15, 0.2) is 0 Å². The number of carbonyl (C=O) groups is 1. The fraction of sp³-hybridized carbons (Fsp3) is 0.556. The lowest BCUT2D eigenvalue weighted by Crippen LogP contribution is -2.55. The maximum absolute atomic E-state index is 12.4. The molecule has 6 nitrogen and oxygen atoms in total. The van der Waals surface area contributed by atoms with Gasteiger partial charge in [0.25, 0.3) is 0 Å². The molecule has 2 atom stereocenters. The number of hydrogen-bond acceptors (Lipinski definition) is 5. The first-order valence-electron chi connectivity index (χ1n) is 8.20. The van der Waals surface area contributed by atoms with Crippen LogP contribution in [0.4, 0.5) is 0 Å². The van der Waals surface area contributed by atoms with E-state index in [1.54, 1.807) is 23.1 Å². The molecule has 0 aromatic heterocycles. The van der Waals surface area contributed by atoms with Crippen molar-refractivity contribution in [2.45, 2.75) is 44.4 Å². The molecule has 0 spiro atoms. The highest BCUT2D eigenvalue weighted by Crippen LogP contribution is 2.45. The number of carbonyl (C=O) groups excluding carboxylic acids is 1. The van der Waals surface area contributed by atoms with E-state index < -0.39 is 11.7 Å². The van der Waals surface area contributed by atoms with Gasteiger partial charge in [0.05, 0.1) is 17.7 Å². The Hall–Kier alpha value is -2.10. The van der Waals surface area contributed by atoms with Crippen LogP contribution in [0, 0.1) is 11.3 Å². The van der Waals surface area contributed by atoms with Gasteiger partial charge in [-0.05, 0) is 38.5 Å². The number of fused-ring (bicyclic) bond motifs is 1. The lowest BCUT2D eigenvalue weighted by molar-refractivity contribution is -0.377. The zero-order valence-corrected chi connectivity index (χ0v) is 13.9. The Bertz CT molecular complexity index is 680. The number of nitriles is 1. The van der Waals surface area contributed by atoms with Crippen LogP contribution in [0.5, 0.6) is 5.75 Å². The molecule has 1 aromatic carbocycles. The molecule has 24 heavy (non-hydrogen) atoms. The van der Waals surface area contributed by atoms with Crippen LogP contribution in [0.3, 0.4) is 0 Å². The van der Waals surface area contributed by atoms with Crippen molar-refractivity contribution in [3.05, 3.63) is 29.3 Å². The third-order valence-corrected chi connectivity index (χ3v) is 4.63. The number of benzene rings is 1. The van der Waals surface area contributed by atoms with Gasteiger partial charge in [-0.25, -0.2) is 0 Å². The minimum Gasteiger partial charge on any atom is -0.853 e. The summed E-state index contributed by atoms with van der Waals surface area (Å²) in [6.45, 7) is 4.16. The molecule has 0 radical (unpaired) electrons. The van der Waals surface area contributed by atoms with Crippen LogP contribution >= 0.6 is 0 Å². The molecule has 0 aliphatic carbocycles. The fourth-order valence-corrected chi connectivity index (χ4v) is 3.59. The van der Waals surface area contributed by atoms with Gasteiger partial charge >= 0.3 is 0 Å². The van der Waals surface area contributed by atoms with E-state index in [0.717, 1.165) is 12.0 Å². The monoisotopic (exact) mass is 329 g/mol. The quantitative estimate of drug-likeness (QED) is 0.827. The van der Waals surface area contributed by atoms with E-state index in [-0.39, 0.29) is 25.2 Å². The summed E-state index contributed by atoms with van der Waals surface area (Å²) in [5, 5.41) is 20.1. The molecule has 0 saturated carbocycles. The highest BCUT2D eigenvalue weighted by atomic mass is 16.6. The molecule has 6 heteroatoms. The van der Waals surface area contributed by atoms with Gasteiger partial charge in [0.2, 0.25) is 5.91 Å². The molecule has 1 fully saturated rings. The van der Waals surface area contributed by atoms with Crippen molar-refractivity contribution in [2.75, 3.05) is 19.8 Å². The summed E-state index contributed by atoms with van der Waals surface area (Å²) >= 11 is 0. The molecule has 2 heterocycles. The topological polar surface area (TPSA) is 85.6 Å². The third kappa shape index (κ3) is 2.85. The van der Waals surface area contributed by atoms with Crippen molar-refractivity contribution in [1.29, 1.82) is 5.26 Å². The Morgan fingerprint density at radius 2 is 2.29 bits per heavy atom. The number of hydrogen-bond donors (Lipinski definition) is 0. The Balaban J connectivity index is 2.10. The minimum absolute atomic E-state index is 0.0588. The lowest BCUT2D eigenvalue weighted by atomic mass is 9.84. The van der Waals surface area contributed by atoms with Crippen molar-refractivity contribution in [2.24, 2.45) is 0 Å². The highest BCUT2D eigenvalue weighted by Gasteiger charge is 2.49. The minimum atomic E-state index is -0.691. The molecule has 1 aromatic rings. The summed E-state index contributed by atoms with van der Waals surface area (Å²) in [4.78, 5) is 14.2. The molecule has 0 unspecified atom stereocenters. The average molecular weight is 329 g/mol. The average Bonchev–Trinajstić information content (AvgIpc) is 2.97. The zero-order chi connectivity index (χ0) is 17.3. The van der Waals surface area contributed by atoms with Crippen LogP contribution in [-0.4, -0.2) is 42.3 Å². The Labute approximate surface area is 141 Å². The molecular formula is C18H21N2O4-. The summed E-state index contributed by atoms with van der Waals surface area (Å²) in [7, 11) is 0. The first kappa shape index (κ1) is 16.7. The number of rotatable bonds is 4. The van der Waals surface area contributed by atoms with Crippen molar-refractivity contribution >= 4 is 5.91 Å². The van der Waals surface area contributed by atoms with Gasteiger partial charge in [-0.15, -0.1) is 6.61 Å². The van der Waals surface area contributed by atoms with Crippen molar-refractivity contribution in [3.63, 3.8) is 0 Å². The van der Waals surface area contributed by atoms with E-state index in [1.165, 1.54) is 0 Å². The first-order valence-corrected chi connectivity index (χ1v) is 8.20. The van der Waals surface area contributed by atoms with E-state index in [2.05, 4.69) is 6.07 Å². The molecule has 1 amide bonds. The molecule has 0 bridgehead atoms. The predicted molar refractivity (Wildman–Crippen MR) is 84.2 cm³/mol. The van der Waals surface area contributed by atoms with E-state index in [9.17, 15) is 15.2 Å². The second-order valence-corrected chi connectivity index (χ2v) is 6.70. The molecule has 128 valence electrons. The summed E-state index contributed by atoms with van der Waals surface area (Å²) in [5.41, 5.74) is 0.597. The fourth-order valence-electron chi connectivity index (χ4n) is 3.59. The summed E-state index contributed by atoms with van der Waals surface area (Å²) in [6, 6.07) is 7.01. The van der Waals surface area contributed by atoms with E-state index in [1.807, 2.05) is 13.8 Å². The zero-order valence-electron chi connectivity index (χ0n) is 13.9. The van der Waals surface area contributed by atoms with Gasteiger partial charge in [-0.2, -0.15) is 5.26 Å². The van der Waals surface area contributed by atoms with Crippen LogP contribution in [0.1, 0.15) is 43.9 Å². The van der Waals surface area contributed by atoms with Crippen molar-refractivity contribution in [3.8, 4) is 11.8 Å². The predicted octanol–water partition coefficient (Wildman–Crippen LogP) is 1.14. The maximum atomic E-state index is 12.4. The molecule has 3 rings (SSSR count). The third-order valence-electron chi connectivity index (χ3n) is 4.63. The second kappa shape index (κ2) is 6.42. The van der Waals surface area contributed by atoms with Gasteiger partial charge in [-0.3, -0.25) is 4.79 Å². The van der Waals surface area contributed by atoms with Crippen molar-refractivity contribution in [1.82, 2.24) is 4.90 Å². The number of ether oxygens (including phenoxy) is 2. The lowest BCUT2D eigenvalue weighted by Gasteiger charge is -2.47. The SMILES string of the molecule is CC1(C)Oc2ccc(C#N)cc2[C@@H](N2CCCC2=O)[C@H]1OCC[O-]. The van der Waals surface area contributed by atoms with E-state index in [0.29, 0.717) is 24.3 Å². The van der Waals surface area contributed by atoms with Gasteiger partial charge in [0, 0.05) is 25.1 Å². The van der Waals surface area contributed by atoms with E-state index in [4.69, 9.17) is 9.47 Å². The van der Waals surface area contributed by atoms with Crippen LogP contribution in [-0.2, 0) is 9.53 Å². The van der Waals surface area contributed by atoms with Crippen LogP contribution in [0.25, 0.3) is 0 Å². The standard InChI is InChI=1S/C18H21N2O4/c1-18(2)17(23-9-8-21)16(20-7-3-4-15(20)22)13-10-12(11-19)5-6-14(13)24-18/h5-6,10,16-17H,3-4,7-9H2,1-2H3/q-1/t16-,17-/m1/s1. The largest absolute Gasteiger partial charge is 0.853 e. The molecule has 2 aliphatic rings. The van der Waals surface area contributed by atoms with Crippen molar-refractivity contribution < 1.29 is 19.4 Å². The molecular weight excluding hydrogens is 308 g/mol. The number of likely N-dealkylation sites (tertiary alicyclic amines) is 1. The van der Waals surface area contributed by atoms with E-state index >= 15 is 0 Å². The first-order chi connectivity index (χ1) is 11.5. The molecule has 1 saturated heterocycles. The summed E-state index contributed by atoms with van der Waals surface area (Å²) in [5.74, 6) is 0.729. The molecule has 2 aliphatic heterocycles. The summed E-state index contributed by atoms with van der Waals surface area (Å²) in [6.07, 6.45) is 0.854. The smallest absolute Gasteiger partial charge is 0.223 e. The Kier molecular flexibility index (Phi) is 4.48. The molecule has 0 N–H and O–H groups in total. The highest BCUT2D eigenvalue weighted by molar-refractivity contribution is 5.79. The normalized spacial score (nSPS) is 25.1. The number of amides is 1. The number of nitrogens with zero attached hydrogens (tertiary/aromatic N) is 2. The second-order valence-electron chi connectivity index (χ2n) is 6.70. The summed E-state index contributed by atoms with van der Waals surface area (Å²) < 4.78 is 11.9. The van der Waals surface area contributed by atoms with Gasteiger partial charge in [0.1, 0.15) is 17.5 Å². The maximum Gasteiger partial charge on any atom is 0.223 e. The Morgan fingerprint density at radius 3 is 2.92 bits per heavy atom. The van der Waals surface area contributed by atoms with Crippen LogP contribution in [0.15, 0.2) is 18.2 Å².